The monoisotopic (exact) mass is 362 g/mol. The van der Waals surface area contributed by atoms with Gasteiger partial charge in [0, 0.05) is 29.8 Å². The summed E-state index contributed by atoms with van der Waals surface area (Å²) in [5.74, 6) is 0.148. The van der Waals surface area contributed by atoms with Crippen LogP contribution in [0.5, 0.6) is 0 Å². The molecular weight excluding hydrogens is 340 g/mol. The van der Waals surface area contributed by atoms with Crippen LogP contribution in [0, 0.1) is 6.92 Å². The average Bonchev–Trinajstić information content (AvgIpc) is 2.65. The van der Waals surface area contributed by atoms with Crippen LogP contribution in [0.25, 0.3) is 23.2 Å². The topological polar surface area (TPSA) is 82.2 Å². The summed E-state index contributed by atoms with van der Waals surface area (Å²) in [6.45, 7) is 4.17. The average molecular weight is 362 g/mol. The first-order valence-corrected chi connectivity index (χ1v) is 8.76. The van der Waals surface area contributed by atoms with Gasteiger partial charge in [0.2, 0.25) is 0 Å². The molecule has 0 spiro atoms. The van der Waals surface area contributed by atoms with Crippen LogP contribution in [0.3, 0.4) is 0 Å². The fourth-order valence-electron chi connectivity index (χ4n) is 3.18. The Kier molecular flexibility index (Phi) is 5.41. The molecule has 0 fully saturated rings. The van der Waals surface area contributed by atoms with Crippen LogP contribution in [0.1, 0.15) is 23.6 Å². The number of aliphatic hydroxyl groups is 1. The first-order chi connectivity index (χ1) is 13.0. The maximum absolute atomic E-state index is 12.1. The van der Waals surface area contributed by atoms with Gasteiger partial charge in [0.1, 0.15) is 12.0 Å². The Morgan fingerprint density at radius 1 is 1.19 bits per heavy atom. The zero-order valence-corrected chi connectivity index (χ0v) is 15.4. The molecule has 0 aliphatic heterocycles. The molecule has 0 saturated heterocycles. The fourth-order valence-corrected chi connectivity index (χ4v) is 3.18. The van der Waals surface area contributed by atoms with Gasteiger partial charge in [0.05, 0.1) is 5.35 Å². The lowest BCUT2D eigenvalue weighted by atomic mass is 10.0. The molecule has 1 heterocycles. The minimum atomic E-state index is -0.236. The number of carbonyl (C=O) groups is 1. The van der Waals surface area contributed by atoms with Crippen molar-refractivity contribution in [1.29, 1.82) is 0 Å². The SMILES string of the molecule is CC(=O)Cc1ccc(CN/C=c2\c(=CO)[nH]c(=O)c3ccccc23)cc1C. The fraction of sp³-hybridized carbons (Fsp3) is 0.182. The summed E-state index contributed by atoms with van der Waals surface area (Å²) in [6, 6.07) is 13.3. The highest BCUT2D eigenvalue weighted by Gasteiger charge is 2.04. The third kappa shape index (κ3) is 4.08. The van der Waals surface area contributed by atoms with E-state index in [1.165, 1.54) is 0 Å². The van der Waals surface area contributed by atoms with Gasteiger partial charge in [-0.05, 0) is 42.0 Å². The molecule has 3 rings (SSSR count). The van der Waals surface area contributed by atoms with Gasteiger partial charge in [-0.15, -0.1) is 0 Å². The second kappa shape index (κ2) is 7.91. The standard InChI is InChI=1S/C22H22N2O3/c1-14-9-16(7-8-17(14)10-15(2)26)11-23-12-20-18-5-3-4-6-19(18)22(27)24-21(20)13-25/h3-9,12-13,23,25H,10-11H2,1-2H3,(H,24,27)/b20-12-,21-13?. The molecule has 0 aliphatic carbocycles. The minimum Gasteiger partial charge on any atom is -0.513 e. The van der Waals surface area contributed by atoms with Gasteiger partial charge in [0.15, 0.2) is 0 Å². The van der Waals surface area contributed by atoms with Crippen molar-refractivity contribution in [1.82, 2.24) is 10.3 Å². The molecule has 3 N–H and O–H groups in total. The Morgan fingerprint density at radius 2 is 1.93 bits per heavy atom. The Labute approximate surface area is 156 Å². The zero-order valence-electron chi connectivity index (χ0n) is 15.4. The number of pyridine rings is 1. The van der Waals surface area contributed by atoms with E-state index < -0.39 is 0 Å². The molecule has 2 aromatic carbocycles. The van der Waals surface area contributed by atoms with E-state index in [9.17, 15) is 14.7 Å². The van der Waals surface area contributed by atoms with E-state index in [-0.39, 0.29) is 11.3 Å². The smallest absolute Gasteiger partial charge is 0.256 e. The van der Waals surface area contributed by atoms with Gasteiger partial charge in [-0.25, -0.2) is 0 Å². The highest BCUT2D eigenvalue weighted by molar-refractivity contribution is 5.82. The van der Waals surface area contributed by atoms with Crippen LogP contribution in [0.15, 0.2) is 47.3 Å². The van der Waals surface area contributed by atoms with Gasteiger partial charge < -0.3 is 15.4 Å². The van der Waals surface area contributed by atoms with Crippen molar-refractivity contribution >= 4 is 29.0 Å². The molecule has 5 heteroatoms. The number of nitrogens with one attached hydrogen (secondary N) is 2. The lowest BCUT2D eigenvalue weighted by Crippen LogP contribution is -2.36. The van der Waals surface area contributed by atoms with Crippen molar-refractivity contribution in [2.75, 3.05) is 0 Å². The quantitative estimate of drug-likeness (QED) is 0.646. The lowest BCUT2D eigenvalue weighted by molar-refractivity contribution is -0.116. The Hall–Kier alpha value is -3.34. The van der Waals surface area contributed by atoms with Crippen LogP contribution in [0.4, 0.5) is 0 Å². The van der Waals surface area contributed by atoms with E-state index in [2.05, 4.69) is 16.4 Å². The molecule has 0 atom stereocenters. The van der Waals surface area contributed by atoms with Crippen molar-refractivity contribution in [3.05, 3.63) is 80.1 Å². The number of aromatic amines is 1. The van der Waals surface area contributed by atoms with Gasteiger partial charge in [-0.2, -0.15) is 0 Å². The van der Waals surface area contributed by atoms with Crippen LogP contribution >= 0.6 is 0 Å². The number of hydrogen-bond acceptors (Lipinski definition) is 4. The van der Waals surface area contributed by atoms with Gasteiger partial charge >= 0.3 is 0 Å². The van der Waals surface area contributed by atoms with E-state index in [0.29, 0.717) is 23.7 Å². The van der Waals surface area contributed by atoms with E-state index in [4.69, 9.17) is 0 Å². The lowest BCUT2D eigenvalue weighted by Gasteiger charge is -2.08. The predicted octanol–water partition coefficient (Wildman–Crippen LogP) is 1.79. The summed E-state index contributed by atoms with van der Waals surface area (Å²) in [5, 5.41) is 15.1. The summed E-state index contributed by atoms with van der Waals surface area (Å²) in [6.07, 6.45) is 3.14. The van der Waals surface area contributed by atoms with Crippen LogP contribution in [0.2, 0.25) is 0 Å². The van der Waals surface area contributed by atoms with E-state index in [0.717, 1.165) is 33.6 Å². The van der Waals surface area contributed by atoms with E-state index in [1.54, 1.807) is 19.2 Å². The Bertz CT molecular complexity index is 1180. The second-order valence-corrected chi connectivity index (χ2v) is 6.62. The number of H-pyrrole nitrogens is 1. The number of Topliss-reactive ketones (excluding diaryl/α,β-unsaturated/α-hetero) is 1. The molecule has 3 aromatic rings. The van der Waals surface area contributed by atoms with E-state index in [1.807, 2.05) is 37.3 Å². The molecule has 27 heavy (non-hydrogen) atoms. The molecule has 1 aromatic heterocycles. The maximum Gasteiger partial charge on any atom is 0.256 e. The van der Waals surface area contributed by atoms with Crippen molar-refractivity contribution in [3.8, 4) is 0 Å². The van der Waals surface area contributed by atoms with Crippen LogP contribution in [-0.2, 0) is 17.8 Å². The number of aliphatic hydroxyl groups excluding tert-OH is 1. The minimum absolute atomic E-state index is 0.148. The first-order valence-electron chi connectivity index (χ1n) is 8.76. The summed E-state index contributed by atoms with van der Waals surface area (Å²) in [5.41, 5.74) is 2.97. The molecule has 0 bridgehead atoms. The van der Waals surface area contributed by atoms with Crippen molar-refractivity contribution < 1.29 is 9.90 Å². The number of carbonyl (C=O) groups excluding carboxylic acids is 1. The Morgan fingerprint density at radius 3 is 2.59 bits per heavy atom. The highest BCUT2D eigenvalue weighted by Crippen LogP contribution is 2.12. The number of benzene rings is 2. The van der Waals surface area contributed by atoms with Gasteiger partial charge in [-0.3, -0.25) is 9.59 Å². The zero-order chi connectivity index (χ0) is 19.4. The third-order valence-corrected chi connectivity index (χ3v) is 4.53. The number of ketones is 1. The molecular formula is C22H22N2O3. The second-order valence-electron chi connectivity index (χ2n) is 6.62. The molecule has 0 unspecified atom stereocenters. The van der Waals surface area contributed by atoms with Crippen molar-refractivity contribution in [3.63, 3.8) is 0 Å². The molecule has 0 aliphatic rings. The summed E-state index contributed by atoms with van der Waals surface area (Å²) >= 11 is 0. The van der Waals surface area contributed by atoms with Crippen molar-refractivity contribution in [2.24, 2.45) is 0 Å². The number of hydrogen-bond donors (Lipinski definition) is 3. The molecule has 0 amide bonds. The molecule has 0 saturated carbocycles. The first kappa shape index (κ1) is 18.5. The number of aryl methyl sites for hydroxylation is 1. The van der Waals surface area contributed by atoms with Crippen LogP contribution < -0.4 is 21.4 Å². The number of fused-ring (bicyclic) bond motifs is 1. The third-order valence-electron chi connectivity index (χ3n) is 4.53. The summed E-state index contributed by atoms with van der Waals surface area (Å²) < 4.78 is 0. The van der Waals surface area contributed by atoms with Crippen LogP contribution in [-0.4, -0.2) is 15.9 Å². The Balaban J connectivity index is 1.91. The number of rotatable bonds is 5. The maximum atomic E-state index is 12.1. The summed E-state index contributed by atoms with van der Waals surface area (Å²) in [4.78, 5) is 26.1. The largest absolute Gasteiger partial charge is 0.513 e. The molecule has 138 valence electrons. The predicted molar refractivity (Wildman–Crippen MR) is 108 cm³/mol. The van der Waals surface area contributed by atoms with E-state index >= 15 is 0 Å². The molecule has 5 nitrogen and oxygen atoms in total. The van der Waals surface area contributed by atoms with Gasteiger partial charge in [0.25, 0.3) is 5.56 Å². The molecule has 0 radical (unpaired) electrons. The van der Waals surface area contributed by atoms with Gasteiger partial charge in [-0.1, -0.05) is 36.4 Å². The summed E-state index contributed by atoms with van der Waals surface area (Å²) in [7, 11) is 0. The normalized spacial score (nSPS) is 12.5. The van der Waals surface area contributed by atoms with Crippen molar-refractivity contribution in [2.45, 2.75) is 26.8 Å². The highest BCUT2D eigenvalue weighted by atomic mass is 16.2. The number of aromatic nitrogens is 1.